The minimum atomic E-state index is -0.195. The molecule has 0 aliphatic heterocycles. The Morgan fingerprint density at radius 2 is 1.88 bits per heavy atom. The van der Waals surface area contributed by atoms with E-state index in [1.165, 1.54) is 11.3 Å². The highest BCUT2D eigenvalue weighted by atomic mass is 32.2. The number of rotatable bonds is 5. The number of hydrogen-bond donors (Lipinski definition) is 1. The van der Waals surface area contributed by atoms with Crippen LogP contribution in [0.15, 0.2) is 52.9 Å². The average molecular weight is 366 g/mol. The van der Waals surface area contributed by atoms with E-state index in [9.17, 15) is 4.79 Å². The summed E-state index contributed by atoms with van der Waals surface area (Å²) >= 11 is 2.89. The van der Waals surface area contributed by atoms with Crippen molar-refractivity contribution in [1.29, 1.82) is 5.26 Å². The molecule has 0 atom stereocenters. The molecular formula is C18H14N4OS2. The lowest BCUT2D eigenvalue weighted by Crippen LogP contribution is -2.11. The maximum Gasteiger partial charge on any atom is 0.257 e. The molecule has 0 fully saturated rings. The number of hydrogen-bond acceptors (Lipinski definition) is 6. The first-order valence-electron chi connectivity index (χ1n) is 7.47. The Labute approximate surface area is 153 Å². The fourth-order valence-electron chi connectivity index (χ4n) is 2.01. The molecule has 124 valence electrons. The smallest absolute Gasteiger partial charge is 0.257 e. The fraction of sp³-hybridized carbons (Fsp3) is 0.111. The minimum absolute atomic E-state index is 0.195. The molecule has 0 spiro atoms. The highest BCUT2D eigenvalue weighted by Crippen LogP contribution is 2.28. The van der Waals surface area contributed by atoms with Gasteiger partial charge in [0.15, 0.2) is 4.34 Å². The van der Waals surface area contributed by atoms with E-state index < -0.39 is 0 Å². The van der Waals surface area contributed by atoms with Gasteiger partial charge in [-0.25, -0.2) is 0 Å². The molecule has 0 aliphatic carbocycles. The number of nitrogens with zero attached hydrogens (tertiary/aromatic N) is 3. The van der Waals surface area contributed by atoms with E-state index >= 15 is 0 Å². The molecular weight excluding hydrogens is 352 g/mol. The molecule has 1 heterocycles. The number of benzene rings is 2. The fourth-order valence-corrected chi connectivity index (χ4v) is 3.72. The van der Waals surface area contributed by atoms with Crippen molar-refractivity contribution in [3.05, 3.63) is 70.8 Å². The van der Waals surface area contributed by atoms with Gasteiger partial charge in [-0.1, -0.05) is 52.9 Å². The SMILES string of the molecule is Cc1ccc(C(=O)Nc2nnc(SCc3ccc(C#N)cc3)s2)cc1. The number of nitriles is 1. The third kappa shape index (κ3) is 4.66. The number of aryl methyl sites for hydroxylation is 1. The van der Waals surface area contributed by atoms with Gasteiger partial charge in [0.25, 0.3) is 5.91 Å². The van der Waals surface area contributed by atoms with Crippen molar-refractivity contribution in [3.63, 3.8) is 0 Å². The van der Waals surface area contributed by atoms with Gasteiger partial charge in [-0.2, -0.15) is 5.26 Å². The van der Waals surface area contributed by atoms with Crippen LogP contribution in [0.3, 0.4) is 0 Å². The lowest BCUT2D eigenvalue weighted by molar-refractivity contribution is 0.102. The molecule has 0 aliphatic rings. The van der Waals surface area contributed by atoms with E-state index in [-0.39, 0.29) is 5.91 Å². The van der Waals surface area contributed by atoms with Crippen molar-refractivity contribution in [3.8, 4) is 6.07 Å². The maximum absolute atomic E-state index is 12.2. The second kappa shape index (κ2) is 7.92. The van der Waals surface area contributed by atoms with Crippen LogP contribution in [0.1, 0.15) is 27.0 Å². The molecule has 0 bridgehead atoms. The summed E-state index contributed by atoms with van der Waals surface area (Å²) in [5, 5.41) is 20.1. The normalized spacial score (nSPS) is 10.2. The van der Waals surface area contributed by atoms with Crippen LogP contribution in [0.4, 0.5) is 5.13 Å². The van der Waals surface area contributed by atoms with E-state index in [0.29, 0.717) is 16.3 Å². The predicted molar refractivity (Wildman–Crippen MR) is 99.8 cm³/mol. The van der Waals surface area contributed by atoms with Crippen molar-refractivity contribution in [1.82, 2.24) is 10.2 Å². The van der Waals surface area contributed by atoms with Crippen LogP contribution < -0.4 is 5.32 Å². The molecule has 3 aromatic rings. The average Bonchev–Trinajstić information content (AvgIpc) is 3.08. The molecule has 2 aromatic carbocycles. The van der Waals surface area contributed by atoms with E-state index in [1.807, 2.05) is 31.2 Å². The van der Waals surface area contributed by atoms with Crippen molar-refractivity contribution >= 4 is 34.1 Å². The Hall–Kier alpha value is -2.69. The van der Waals surface area contributed by atoms with Gasteiger partial charge in [-0.15, -0.1) is 10.2 Å². The first-order valence-corrected chi connectivity index (χ1v) is 9.27. The van der Waals surface area contributed by atoms with Gasteiger partial charge in [0.1, 0.15) is 0 Å². The Bertz CT molecular complexity index is 911. The zero-order chi connectivity index (χ0) is 17.6. The van der Waals surface area contributed by atoms with Crippen molar-refractivity contribution in [2.75, 3.05) is 5.32 Å². The third-order valence-electron chi connectivity index (χ3n) is 3.39. The second-order valence-corrected chi connectivity index (χ2v) is 7.49. The first kappa shape index (κ1) is 17.1. The lowest BCUT2D eigenvalue weighted by Gasteiger charge is -2.01. The Balaban J connectivity index is 1.57. The minimum Gasteiger partial charge on any atom is -0.296 e. The van der Waals surface area contributed by atoms with Gasteiger partial charge in [-0.3, -0.25) is 10.1 Å². The Morgan fingerprint density at radius 3 is 2.56 bits per heavy atom. The molecule has 5 nitrogen and oxygen atoms in total. The zero-order valence-electron chi connectivity index (χ0n) is 13.4. The molecule has 0 unspecified atom stereocenters. The third-order valence-corrected chi connectivity index (χ3v) is 5.43. The number of carbonyl (C=O) groups excluding carboxylic acids is 1. The number of carbonyl (C=O) groups is 1. The summed E-state index contributed by atoms with van der Waals surface area (Å²) in [6.45, 7) is 1.98. The predicted octanol–water partition coefficient (Wildman–Crippen LogP) is 4.26. The summed E-state index contributed by atoms with van der Waals surface area (Å²) in [6.07, 6.45) is 0. The van der Waals surface area contributed by atoms with Crippen LogP contribution in [0.5, 0.6) is 0 Å². The topological polar surface area (TPSA) is 78.7 Å². The standard InChI is InChI=1S/C18H14N4OS2/c1-12-2-8-15(9-3-12)16(23)20-17-21-22-18(25-17)24-11-14-6-4-13(10-19)5-7-14/h2-9H,11H2,1H3,(H,20,21,23). The quantitative estimate of drug-likeness (QED) is 0.539. The van der Waals surface area contributed by atoms with Crippen LogP contribution in [0.25, 0.3) is 0 Å². The van der Waals surface area contributed by atoms with Gasteiger partial charge < -0.3 is 0 Å². The van der Waals surface area contributed by atoms with Gasteiger partial charge >= 0.3 is 0 Å². The summed E-state index contributed by atoms with van der Waals surface area (Å²) in [6, 6.07) is 16.9. The molecule has 7 heteroatoms. The number of nitrogens with one attached hydrogen (secondary N) is 1. The number of thioether (sulfide) groups is 1. The van der Waals surface area contributed by atoms with Gasteiger partial charge in [0.2, 0.25) is 5.13 Å². The maximum atomic E-state index is 12.2. The first-order chi connectivity index (χ1) is 12.1. The van der Waals surface area contributed by atoms with Crippen molar-refractivity contribution in [2.24, 2.45) is 0 Å². The Kier molecular flexibility index (Phi) is 5.43. The Morgan fingerprint density at radius 1 is 1.16 bits per heavy atom. The number of aromatic nitrogens is 2. The van der Waals surface area contributed by atoms with Gasteiger partial charge in [-0.05, 0) is 36.8 Å². The van der Waals surface area contributed by atoms with Crippen LogP contribution in [-0.2, 0) is 5.75 Å². The molecule has 3 rings (SSSR count). The highest BCUT2D eigenvalue weighted by molar-refractivity contribution is 8.00. The van der Waals surface area contributed by atoms with Crippen molar-refractivity contribution in [2.45, 2.75) is 17.0 Å². The summed E-state index contributed by atoms with van der Waals surface area (Å²) in [7, 11) is 0. The molecule has 1 N–H and O–H groups in total. The largest absolute Gasteiger partial charge is 0.296 e. The van der Waals surface area contributed by atoms with Crippen molar-refractivity contribution < 1.29 is 4.79 Å². The molecule has 0 radical (unpaired) electrons. The zero-order valence-corrected chi connectivity index (χ0v) is 15.0. The number of amides is 1. The summed E-state index contributed by atoms with van der Waals surface area (Å²) in [4.78, 5) is 12.2. The van der Waals surface area contributed by atoms with E-state index in [4.69, 9.17) is 5.26 Å². The lowest BCUT2D eigenvalue weighted by atomic mass is 10.1. The van der Waals surface area contributed by atoms with Crippen LogP contribution >= 0.6 is 23.1 Å². The monoisotopic (exact) mass is 366 g/mol. The van der Waals surface area contributed by atoms with E-state index in [1.54, 1.807) is 36.0 Å². The molecule has 25 heavy (non-hydrogen) atoms. The summed E-state index contributed by atoms with van der Waals surface area (Å²) < 4.78 is 0.781. The van der Waals surface area contributed by atoms with E-state index in [2.05, 4.69) is 21.6 Å². The molecule has 1 amide bonds. The number of anilines is 1. The van der Waals surface area contributed by atoms with Gasteiger partial charge in [0, 0.05) is 11.3 Å². The van der Waals surface area contributed by atoms with Crippen LogP contribution in [-0.4, -0.2) is 16.1 Å². The molecule has 0 saturated carbocycles. The molecule has 0 saturated heterocycles. The summed E-state index contributed by atoms with van der Waals surface area (Å²) in [5.41, 5.74) is 3.44. The second-order valence-electron chi connectivity index (χ2n) is 5.29. The van der Waals surface area contributed by atoms with Gasteiger partial charge in [0.05, 0.1) is 11.6 Å². The van der Waals surface area contributed by atoms with E-state index in [0.717, 1.165) is 21.2 Å². The summed E-state index contributed by atoms with van der Waals surface area (Å²) in [5.74, 6) is 0.534. The highest BCUT2D eigenvalue weighted by Gasteiger charge is 2.10. The van der Waals surface area contributed by atoms with Crippen LogP contribution in [0.2, 0.25) is 0 Å². The molecule has 1 aromatic heterocycles. The van der Waals surface area contributed by atoms with Crippen LogP contribution in [0, 0.1) is 18.3 Å².